The molecule has 2 aromatic heterocycles. The largest absolute Gasteiger partial charge is 0.381 e. The zero-order valence-corrected chi connectivity index (χ0v) is 8.52. The quantitative estimate of drug-likeness (QED) is 0.751. The maximum atomic E-state index is 11.4. The summed E-state index contributed by atoms with van der Waals surface area (Å²) in [6.07, 6.45) is 1.68. The first-order valence-corrected chi connectivity index (χ1v) is 4.48. The van der Waals surface area contributed by atoms with Crippen molar-refractivity contribution in [3.05, 3.63) is 34.2 Å². The van der Waals surface area contributed by atoms with Crippen LogP contribution >= 0.6 is 0 Å². The Morgan fingerprint density at radius 3 is 2.80 bits per heavy atom. The molecule has 15 heavy (non-hydrogen) atoms. The van der Waals surface area contributed by atoms with Crippen LogP contribution in [-0.4, -0.2) is 9.72 Å². The van der Waals surface area contributed by atoms with E-state index in [1.807, 2.05) is 0 Å². The third kappa shape index (κ3) is 1.52. The lowest BCUT2D eigenvalue weighted by molar-refractivity contribution is 0.435. The fraction of sp³-hybridized carbons (Fsp3) is 0.200. The van der Waals surface area contributed by atoms with Crippen LogP contribution in [0.5, 0.6) is 0 Å². The minimum atomic E-state index is -0.0955. The van der Waals surface area contributed by atoms with Crippen molar-refractivity contribution in [1.82, 2.24) is 9.72 Å². The fourth-order valence-electron chi connectivity index (χ4n) is 1.31. The van der Waals surface area contributed by atoms with Gasteiger partial charge in [0, 0.05) is 30.4 Å². The first-order valence-electron chi connectivity index (χ1n) is 4.48. The molecule has 78 valence electrons. The zero-order valence-electron chi connectivity index (χ0n) is 8.52. The Bertz CT molecular complexity index is 554. The fourth-order valence-corrected chi connectivity index (χ4v) is 1.31. The van der Waals surface area contributed by atoms with E-state index in [2.05, 4.69) is 5.16 Å². The molecule has 0 fully saturated rings. The molecule has 0 aliphatic rings. The minimum absolute atomic E-state index is 0.0955. The number of nitrogen functional groups attached to an aromatic ring is 1. The SMILES string of the molecule is Cc1c(N)noc1-c1ccn(C)c(=O)c1. The summed E-state index contributed by atoms with van der Waals surface area (Å²) < 4.78 is 6.54. The van der Waals surface area contributed by atoms with Crippen molar-refractivity contribution in [3.8, 4) is 11.3 Å². The van der Waals surface area contributed by atoms with Crippen LogP contribution in [0.2, 0.25) is 0 Å². The Hall–Kier alpha value is -2.04. The maximum Gasteiger partial charge on any atom is 0.250 e. The van der Waals surface area contributed by atoms with Gasteiger partial charge in [0.1, 0.15) is 0 Å². The van der Waals surface area contributed by atoms with Gasteiger partial charge >= 0.3 is 0 Å². The second kappa shape index (κ2) is 3.27. The standard InChI is InChI=1S/C10H11N3O2/c1-6-9(15-12-10(6)11)7-3-4-13(2)8(14)5-7/h3-5H,1-2H3,(H2,11,12). The van der Waals surface area contributed by atoms with E-state index in [1.165, 1.54) is 10.6 Å². The highest BCUT2D eigenvalue weighted by Gasteiger charge is 2.11. The van der Waals surface area contributed by atoms with E-state index in [0.717, 1.165) is 5.56 Å². The van der Waals surface area contributed by atoms with Crippen LogP contribution < -0.4 is 11.3 Å². The summed E-state index contributed by atoms with van der Waals surface area (Å²) in [4.78, 5) is 11.4. The molecule has 0 radical (unpaired) electrons. The molecule has 5 nitrogen and oxygen atoms in total. The van der Waals surface area contributed by atoms with Gasteiger partial charge in [-0.25, -0.2) is 0 Å². The van der Waals surface area contributed by atoms with Crippen molar-refractivity contribution >= 4 is 5.82 Å². The Balaban J connectivity index is 2.60. The lowest BCUT2D eigenvalue weighted by Gasteiger charge is -1.99. The van der Waals surface area contributed by atoms with E-state index >= 15 is 0 Å². The number of aromatic nitrogens is 2. The molecule has 0 aliphatic carbocycles. The second-order valence-corrected chi connectivity index (χ2v) is 3.39. The molecule has 5 heteroatoms. The van der Waals surface area contributed by atoms with E-state index in [9.17, 15) is 4.79 Å². The molecular formula is C10H11N3O2. The van der Waals surface area contributed by atoms with Crippen molar-refractivity contribution in [1.29, 1.82) is 0 Å². The van der Waals surface area contributed by atoms with Gasteiger partial charge in [-0.2, -0.15) is 0 Å². The number of hydrogen-bond acceptors (Lipinski definition) is 4. The predicted octanol–water partition coefficient (Wildman–Crippen LogP) is 0.931. The first-order chi connectivity index (χ1) is 7.09. The van der Waals surface area contributed by atoms with E-state index in [1.54, 1.807) is 26.2 Å². The summed E-state index contributed by atoms with van der Waals surface area (Å²) in [6, 6.07) is 3.28. The van der Waals surface area contributed by atoms with Crippen LogP contribution in [-0.2, 0) is 7.05 Å². The molecule has 0 bridgehead atoms. The molecule has 0 spiro atoms. The summed E-state index contributed by atoms with van der Waals surface area (Å²) in [5, 5.41) is 3.64. The van der Waals surface area contributed by atoms with Crippen LogP contribution in [0.3, 0.4) is 0 Å². The van der Waals surface area contributed by atoms with E-state index in [4.69, 9.17) is 10.3 Å². The van der Waals surface area contributed by atoms with Gasteiger partial charge in [-0.3, -0.25) is 4.79 Å². The number of hydrogen-bond donors (Lipinski definition) is 1. The van der Waals surface area contributed by atoms with Crippen LogP contribution in [0.25, 0.3) is 11.3 Å². The topological polar surface area (TPSA) is 74.0 Å². The highest BCUT2D eigenvalue weighted by molar-refractivity contribution is 5.64. The maximum absolute atomic E-state index is 11.4. The van der Waals surface area contributed by atoms with Crippen molar-refractivity contribution in [2.24, 2.45) is 7.05 Å². The zero-order chi connectivity index (χ0) is 11.0. The molecular weight excluding hydrogens is 194 g/mol. The first kappa shape index (κ1) is 9.51. The minimum Gasteiger partial charge on any atom is -0.381 e. The molecule has 0 amide bonds. The highest BCUT2D eigenvalue weighted by Crippen LogP contribution is 2.25. The molecule has 0 aliphatic heterocycles. The van der Waals surface area contributed by atoms with Gasteiger partial charge in [0.15, 0.2) is 11.6 Å². The highest BCUT2D eigenvalue weighted by atomic mass is 16.5. The Labute approximate surface area is 86.1 Å². The van der Waals surface area contributed by atoms with E-state index < -0.39 is 0 Å². The number of rotatable bonds is 1. The van der Waals surface area contributed by atoms with Crippen LogP contribution in [0, 0.1) is 6.92 Å². The van der Waals surface area contributed by atoms with E-state index in [0.29, 0.717) is 17.1 Å². The van der Waals surface area contributed by atoms with Gasteiger partial charge in [0.05, 0.1) is 0 Å². The summed E-state index contributed by atoms with van der Waals surface area (Å²) >= 11 is 0. The van der Waals surface area contributed by atoms with Gasteiger partial charge in [0.25, 0.3) is 5.56 Å². The van der Waals surface area contributed by atoms with Gasteiger partial charge in [0.2, 0.25) is 0 Å². The Morgan fingerprint density at radius 1 is 1.53 bits per heavy atom. The summed E-state index contributed by atoms with van der Waals surface area (Å²) in [5.41, 5.74) is 6.91. The van der Waals surface area contributed by atoms with E-state index in [-0.39, 0.29) is 5.56 Å². The molecule has 0 aromatic carbocycles. The third-order valence-corrected chi connectivity index (χ3v) is 2.33. The predicted molar refractivity (Wildman–Crippen MR) is 56.3 cm³/mol. The average molecular weight is 205 g/mol. The lowest BCUT2D eigenvalue weighted by atomic mass is 10.1. The monoisotopic (exact) mass is 205 g/mol. The molecule has 0 saturated heterocycles. The van der Waals surface area contributed by atoms with Gasteiger partial charge in [-0.05, 0) is 13.0 Å². The van der Waals surface area contributed by atoms with Crippen molar-refractivity contribution < 1.29 is 4.52 Å². The van der Waals surface area contributed by atoms with Crippen LogP contribution in [0.4, 0.5) is 5.82 Å². The molecule has 0 unspecified atom stereocenters. The van der Waals surface area contributed by atoms with Crippen LogP contribution in [0.1, 0.15) is 5.56 Å². The normalized spacial score (nSPS) is 10.5. The second-order valence-electron chi connectivity index (χ2n) is 3.39. The van der Waals surface area contributed by atoms with Crippen molar-refractivity contribution in [2.75, 3.05) is 5.73 Å². The number of aryl methyl sites for hydroxylation is 1. The summed E-state index contributed by atoms with van der Waals surface area (Å²) in [7, 11) is 1.69. The van der Waals surface area contributed by atoms with Crippen molar-refractivity contribution in [2.45, 2.75) is 6.92 Å². The number of anilines is 1. The van der Waals surface area contributed by atoms with Gasteiger partial charge in [-0.15, -0.1) is 0 Å². The smallest absolute Gasteiger partial charge is 0.250 e. The number of pyridine rings is 1. The molecule has 2 heterocycles. The molecule has 2 N–H and O–H groups in total. The number of nitrogens with two attached hydrogens (primary N) is 1. The molecule has 2 aromatic rings. The molecule has 0 atom stereocenters. The Morgan fingerprint density at radius 2 is 2.27 bits per heavy atom. The molecule has 2 rings (SSSR count). The lowest BCUT2D eigenvalue weighted by Crippen LogP contribution is -2.14. The van der Waals surface area contributed by atoms with Crippen LogP contribution in [0.15, 0.2) is 27.6 Å². The molecule has 0 saturated carbocycles. The van der Waals surface area contributed by atoms with Gasteiger partial charge < -0.3 is 14.8 Å². The number of nitrogens with zero attached hydrogens (tertiary/aromatic N) is 2. The summed E-state index contributed by atoms with van der Waals surface area (Å²) in [6.45, 7) is 1.80. The van der Waals surface area contributed by atoms with Crippen molar-refractivity contribution in [3.63, 3.8) is 0 Å². The summed E-state index contributed by atoms with van der Waals surface area (Å²) in [5.74, 6) is 0.899. The average Bonchev–Trinajstić information content (AvgIpc) is 2.53. The third-order valence-electron chi connectivity index (χ3n) is 2.33. The Kier molecular flexibility index (Phi) is 2.07. The van der Waals surface area contributed by atoms with Gasteiger partial charge in [-0.1, -0.05) is 5.16 Å².